The molecule has 0 aromatic heterocycles. The normalized spacial score (nSPS) is 36.2. The summed E-state index contributed by atoms with van der Waals surface area (Å²) in [5.41, 5.74) is 7.43. The Hall–Kier alpha value is -1.53. The van der Waals surface area contributed by atoms with Crippen LogP contribution < -0.4 is 14.8 Å². The highest BCUT2D eigenvalue weighted by atomic mass is 31.1. The molecule has 0 atom stereocenters. The van der Waals surface area contributed by atoms with E-state index in [1.807, 2.05) is 14.2 Å². The molecule has 0 N–H and O–H groups in total. The minimum Gasteiger partial charge on any atom is -0.496 e. The van der Waals surface area contributed by atoms with E-state index >= 15 is 0 Å². The number of rotatable bonds is 10. The van der Waals surface area contributed by atoms with Crippen LogP contribution in [0.15, 0.2) is 24.3 Å². The summed E-state index contributed by atoms with van der Waals surface area (Å²) >= 11 is 0. The molecule has 10 rings (SSSR count). The molecule has 250 valence electrons. The summed E-state index contributed by atoms with van der Waals surface area (Å²) in [5, 5.41) is 2.57. The van der Waals surface area contributed by atoms with Gasteiger partial charge in [0.15, 0.2) is 0 Å². The summed E-state index contributed by atoms with van der Waals surface area (Å²) in [4.78, 5) is 0. The summed E-state index contributed by atoms with van der Waals surface area (Å²) in [6.45, 7) is 11.9. The van der Waals surface area contributed by atoms with E-state index in [0.29, 0.717) is 22.1 Å². The van der Waals surface area contributed by atoms with Crippen LogP contribution in [0.3, 0.4) is 0 Å². The van der Waals surface area contributed by atoms with Crippen molar-refractivity contribution in [3.05, 3.63) is 41.0 Å². The van der Waals surface area contributed by atoms with E-state index in [2.05, 4.69) is 58.9 Å². The largest absolute Gasteiger partial charge is 0.496 e. The lowest BCUT2D eigenvalue weighted by Gasteiger charge is -2.67. The highest BCUT2D eigenvalue weighted by Gasteiger charge is 2.64. The van der Waals surface area contributed by atoms with Crippen LogP contribution in [0.25, 0.3) is 11.1 Å². The van der Waals surface area contributed by atoms with Crippen LogP contribution in [0.5, 0.6) is 11.5 Å². The van der Waals surface area contributed by atoms with Crippen molar-refractivity contribution in [2.75, 3.05) is 14.2 Å². The molecule has 0 unspecified atom stereocenters. The summed E-state index contributed by atoms with van der Waals surface area (Å²) in [5.74, 6) is 9.21. The van der Waals surface area contributed by atoms with Crippen molar-refractivity contribution in [2.24, 2.45) is 47.3 Å². The maximum Gasteiger partial charge on any atom is 0.127 e. The summed E-state index contributed by atoms with van der Waals surface area (Å²) < 4.78 is 13.2. The van der Waals surface area contributed by atoms with Crippen LogP contribution in [0.1, 0.15) is 121 Å². The first-order chi connectivity index (χ1) is 22.1. The molecule has 8 aliphatic carbocycles. The van der Waals surface area contributed by atoms with E-state index in [4.69, 9.17) is 9.47 Å². The van der Waals surface area contributed by atoms with Gasteiger partial charge in [-0.1, -0.05) is 53.3 Å². The van der Waals surface area contributed by atoms with E-state index in [0.717, 1.165) is 54.1 Å². The summed E-state index contributed by atoms with van der Waals surface area (Å²) in [6, 6.07) is 9.65. The molecule has 2 nitrogen and oxygen atoms in total. The number of hydrogen-bond acceptors (Lipinski definition) is 2. The first kappa shape index (κ1) is 31.7. The Morgan fingerprint density at radius 1 is 0.609 bits per heavy atom. The molecule has 0 saturated heterocycles. The molecule has 8 aliphatic rings. The second-order valence-electron chi connectivity index (χ2n) is 18.5. The van der Waals surface area contributed by atoms with Crippen molar-refractivity contribution < 1.29 is 9.47 Å². The number of aryl methyl sites for hydroxylation is 1. The second-order valence-corrected chi connectivity index (χ2v) is 21.5. The predicted octanol–water partition coefficient (Wildman–Crippen LogP) is 11.1. The molecule has 0 radical (unpaired) electrons. The van der Waals surface area contributed by atoms with E-state index < -0.39 is 7.92 Å². The van der Waals surface area contributed by atoms with E-state index in [1.165, 1.54) is 111 Å². The van der Waals surface area contributed by atoms with Crippen LogP contribution in [-0.4, -0.2) is 24.5 Å². The van der Waals surface area contributed by atoms with E-state index in [9.17, 15) is 0 Å². The maximum absolute atomic E-state index is 6.64. The lowest BCUT2D eigenvalue weighted by molar-refractivity contribution is 0.0195. The number of ether oxygens (including phenoxy) is 2. The van der Waals surface area contributed by atoms with Gasteiger partial charge >= 0.3 is 0 Å². The Labute approximate surface area is 281 Å². The zero-order valence-corrected chi connectivity index (χ0v) is 31.0. The molecule has 46 heavy (non-hydrogen) atoms. The Balaban J connectivity index is 1.43. The Morgan fingerprint density at radius 3 is 1.33 bits per heavy atom. The molecule has 0 aliphatic heterocycles. The Morgan fingerprint density at radius 2 is 0.978 bits per heavy atom. The Bertz CT molecular complexity index is 1320. The fraction of sp³-hybridized carbons (Fsp3) is 0.721. The van der Waals surface area contributed by atoms with Crippen molar-refractivity contribution in [1.82, 2.24) is 0 Å². The lowest BCUT2D eigenvalue weighted by atomic mass is 9.55. The van der Waals surface area contributed by atoms with Gasteiger partial charge in [-0.25, -0.2) is 0 Å². The smallest absolute Gasteiger partial charge is 0.127 e. The van der Waals surface area contributed by atoms with E-state index in [1.54, 1.807) is 5.30 Å². The van der Waals surface area contributed by atoms with Gasteiger partial charge in [0, 0.05) is 10.9 Å². The topological polar surface area (TPSA) is 18.5 Å². The van der Waals surface area contributed by atoms with Crippen LogP contribution in [-0.2, 0) is 12.8 Å². The third-order valence-electron chi connectivity index (χ3n) is 13.7. The molecule has 0 amide bonds. The fourth-order valence-electron chi connectivity index (χ4n) is 13.5. The molecule has 0 heterocycles. The van der Waals surface area contributed by atoms with Crippen molar-refractivity contribution in [1.29, 1.82) is 0 Å². The molecular weight excluding hydrogens is 579 g/mol. The number of benzene rings is 2. The SMILES string of the molecule is COc1ccc(OC)c(P(C23CC4CC(CC(C4)C2)C3)C23CC4CC(CC(C4)C2)C3)c1-c1c(CC(C)C)cc(C)cc1CC(C)C. The molecule has 8 saturated carbocycles. The van der Waals surface area contributed by atoms with Gasteiger partial charge in [-0.15, -0.1) is 0 Å². The molecule has 2 aromatic carbocycles. The van der Waals surface area contributed by atoms with Gasteiger partial charge in [-0.3, -0.25) is 0 Å². The highest BCUT2D eigenvalue weighted by molar-refractivity contribution is 7.69. The third kappa shape index (κ3) is 5.29. The van der Waals surface area contributed by atoms with Crippen molar-refractivity contribution in [3.8, 4) is 22.6 Å². The molecule has 0 spiro atoms. The number of methoxy groups -OCH3 is 2. The van der Waals surface area contributed by atoms with Gasteiger partial charge in [0.25, 0.3) is 0 Å². The average molecular weight is 641 g/mol. The molecule has 8 fully saturated rings. The average Bonchev–Trinajstić information content (AvgIpc) is 2.95. The third-order valence-corrected chi connectivity index (χ3v) is 17.6. The van der Waals surface area contributed by atoms with Crippen LogP contribution in [0, 0.1) is 54.3 Å². The minimum absolute atomic E-state index is 0.464. The molecule has 3 heteroatoms. The standard InChI is InChI=1S/C43H61O2P/c1-26(2)10-35-12-28(5)13-36(11-27(3)4)39(35)40-37(44-6)8-9-38(45-7)41(40)46(42-20-29-14-30(21-42)16-31(15-29)22-42)43-23-32-17-33(24-43)19-34(18-32)25-43/h8-9,12-13,26-27,29-34H,10-11,14-25H2,1-7H3. The molecular formula is C43H61O2P. The zero-order valence-electron chi connectivity index (χ0n) is 30.1. The van der Waals surface area contributed by atoms with Gasteiger partial charge in [-0.2, -0.15) is 0 Å². The van der Waals surface area contributed by atoms with Crippen LogP contribution in [0.2, 0.25) is 0 Å². The quantitative estimate of drug-likeness (QED) is 0.241. The first-order valence-electron chi connectivity index (χ1n) is 19.3. The lowest BCUT2D eigenvalue weighted by Crippen LogP contribution is -2.58. The van der Waals surface area contributed by atoms with Crippen molar-refractivity contribution in [3.63, 3.8) is 0 Å². The fourth-order valence-corrected chi connectivity index (χ4v) is 18.9. The van der Waals surface area contributed by atoms with Gasteiger partial charge in [0.2, 0.25) is 0 Å². The number of hydrogen-bond donors (Lipinski definition) is 0. The maximum atomic E-state index is 6.64. The minimum atomic E-state index is -0.475. The zero-order chi connectivity index (χ0) is 32.0. The van der Waals surface area contributed by atoms with Gasteiger partial charge in [0.1, 0.15) is 11.5 Å². The molecule has 8 bridgehead atoms. The summed E-state index contributed by atoms with van der Waals surface area (Å²) in [7, 11) is 3.43. The van der Waals surface area contributed by atoms with Gasteiger partial charge < -0.3 is 9.47 Å². The molecule has 2 aromatic rings. The highest BCUT2D eigenvalue weighted by Crippen LogP contribution is 2.79. The van der Waals surface area contributed by atoms with Crippen molar-refractivity contribution >= 4 is 13.2 Å². The monoisotopic (exact) mass is 640 g/mol. The van der Waals surface area contributed by atoms with Crippen LogP contribution >= 0.6 is 7.92 Å². The predicted molar refractivity (Wildman–Crippen MR) is 195 cm³/mol. The second kappa shape index (κ2) is 11.8. The van der Waals surface area contributed by atoms with Crippen molar-refractivity contribution in [2.45, 2.75) is 135 Å². The first-order valence-corrected chi connectivity index (χ1v) is 20.6. The Kier molecular flexibility index (Phi) is 8.15. The van der Waals surface area contributed by atoms with E-state index in [-0.39, 0.29) is 0 Å². The van der Waals surface area contributed by atoms with Crippen LogP contribution in [0.4, 0.5) is 0 Å². The summed E-state index contributed by atoms with van der Waals surface area (Å²) in [6.07, 6.45) is 20.2. The van der Waals surface area contributed by atoms with Gasteiger partial charge in [-0.05, 0) is 183 Å². The van der Waals surface area contributed by atoms with Gasteiger partial charge in [0.05, 0.1) is 14.2 Å².